The van der Waals surface area contributed by atoms with Crippen molar-refractivity contribution < 1.29 is 26.4 Å². The molecule has 6 nitrogen and oxygen atoms in total. The molecule has 0 atom stereocenters. The van der Waals surface area contributed by atoms with Gasteiger partial charge in [0.15, 0.2) is 11.6 Å². The molecule has 0 saturated carbocycles. The zero-order chi connectivity index (χ0) is 18.7. The number of carbonyl (C=O) groups excluding carboxylic acids is 1. The maximum absolute atomic E-state index is 13.3. The number of amides is 1. The Morgan fingerprint density at radius 1 is 1.08 bits per heavy atom. The number of rotatable bonds is 5. The normalized spacial score (nSPS) is 16.0. The van der Waals surface area contributed by atoms with E-state index in [0.29, 0.717) is 12.5 Å². The molecule has 2 aromatic rings. The molecule has 0 spiro atoms. The van der Waals surface area contributed by atoms with Gasteiger partial charge in [0.25, 0.3) is 0 Å². The van der Waals surface area contributed by atoms with Gasteiger partial charge in [0.1, 0.15) is 5.76 Å². The van der Waals surface area contributed by atoms with Gasteiger partial charge in [0.05, 0.1) is 11.2 Å². The molecule has 1 aromatic heterocycles. The number of piperazine rings is 1. The summed E-state index contributed by atoms with van der Waals surface area (Å²) in [5.41, 5.74) is 0. The Morgan fingerprint density at radius 2 is 1.81 bits per heavy atom. The zero-order valence-corrected chi connectivity index (χ0v) is 14.7. The molecule has 2 heterocycles. The van der Waals surface area contributed by atoms with Crippen molar-refractivity contribution >= 4 is 15.9 Å². The van der Waals surface area contributed by atoms with Crippen LogP contribution in [0.2, 0.25) is 0 Å². The van der Waals surface area contributed by atoms with Crippen LogP contribution in [0, 0.1) is 11.6 Å². The number of hydrogen-bond donors (Lipinski definition) is 0. The highest BCUT2D eigenvalue weighted by molar-refractivity contribution is 7.89. The summed E-state index contributed by atoms with van der Waals surface area (Å²) in [4.78, 5) is 13.5. The Morgan fingerprint density at radius 3 is 2.42 bits per heavy atom. The summed E-state index contributed by atoms with van der Waals surface area (Å²) < 4.78 is 57.8. The van der Waals surface area contributed by atoms with Crippen LogP contribution in [0.3, 0.4) is 0 Å². The number of aryl methyl sites for hydroxylation is 1. The van der Waals surface area contributed by atoms with Crippen molar-refractivity contribution in [3.63, 3.8) is 0 Å². The topological polar surface area (TPSA) is 70.8 Å². The second kappa shape index (κ2) is 7.55. The highest BCUT2D eigenvalue weighted by atomic mass is 32.2. The monoisotopic (exact) mass is 384 g/mol. The summed E-state index contributed by atoms with van der Waals surface area (Å²) in [5.74, 6) is -1.67. The predicted molar refractivity (Wildman–Crippen MR) is 88.7 cm³/mol. The Labute approximate surface area is 150 Å². The lowest BCUT2D eigenvalue weighted by molar-refractivity contribution is -0.132. The van der Waals surface area contributed by atoms with Crippen molar-refractivity contribution in [3.05, 3.63) is 54.0 Å². The van der Waals surface area contributed by atoms with E-state index in [2.05, 4.69) is 0 Å². The minimum atomic E-state index is -3.92. The van der Waals surface area contributed by atoms with Crippen LogP contribution in [-0.4, -0.2) is 49.7 Å². The van der Waals surface area contributed by atoms with Crippen molar-refractivity contribution in [2.75, 3.05) is 26.2 Å². The molecule has 1 aromatic carbocycles. The number of carbonyl (C=O) groups is 1. The predicted octanol–water partition coefficient (Wildman–Crippen LogP) is 2.02. The van der Waals surface area contributed by atoms with Gasteiger partial charge in [-0.05, 0) is 30.3 Å². The minimum Gasteiger partial charge on any atom is -0.469 e. The van der Waals surface area contributed by atoms with Crippen molar-refractivity contribution in [1.29, 1.82) is 0 Å². The fourth-order valence-electron chi connectivity index (χ4n) is 2.81. The molecule has 0 radical (unpaired) electrons. The van der Waals surface area contributed by atoms with E-state index < -0.39 is 21.7 Å². The summed E-state index contributed by atoms with van der Waals surface area (Å²) in [6, 6.07) is 6.04. The van der Waals surface area contributed by atoms with Gasteiger partial charge in [0.2, 0.25) is 15.9 Å². The Bertz CT molecular complexity index is 876. The first kappa shape index (κ1) is 18.5. The third-order valence-electron chi connectivity index (χ3n) is 4.29. The fraction of sp³-hybridized carbons (Fsp3) is 0.353. The van der Waals surface area contributed by atoms with Gasteiger partial charge in [0, 0.05) is 39.0 Å². The molecule has 0 bridgehead atoms. The molecule has 1 aliphatic heterocycles. The molecule has 0 N–H and O–H groups in total. The highest BCUT2D eigenvalue weighted by Crippen LogP contribution is 2.20. The van der Waals surface area contributed by atoms with E-state index in [1.165, 1.54) is 4.31 Å². The molecule has 1 saturated heterocycles. The van der Waals surface area contributed by atoms with Crippen molar-refractivity contribution in [3.8, 4) is 0 Å². The molecular weight excluding hydrogens is 366 g/mol. The molecule has 26 heavy (non-hydrogen) atoms. The van der Waals surface area contributed by atoms with Gasteiger partial charge < -0.3 is 9.32 Å². The van der Waals surface area contributed by atoms with Crippen LogP contribution in [-0.2, 0) is 21.2 Å². The van der Waals surface area contributed by atoms with Crippen LogP contribution in [0.4, 0.5) is 8.78 Å². The smallest absolute Gasteiger partial charge is 0.243 e. The van der Waals surface area contributed by atoms with Crippen LogP contribution >= 0.6 is 0 Å². The number of benzene rings is 1. The van der Waals surface area contributed by atoms with Crippen LogP contribution in [0.1, 0.15) is 12.2 Å². The number of furan rings is 1. The Balaban J connectivity index is 1.58. The van der Waals surface area contributed by atoms with Crippen LogP contribution in [0.25, 0.3) is 0 Å². The van der Waals surface area contributed by atoms with Gasteiger partial charge in [-0.3, -0.25) is 4.79 Å². The van der Waals surface area contributed by atoms with Crippen molar-refractivity contribution in [1.82, 2.24) is 9.21 Å². The van der Waals surface area contributed by atoms with Gasteiger partial charge in [-0.25, -0.2) is 17.2 Å². The maximum Gasteiger partial charge on any atom is 0.243 e. The zero-order valence-electron chi connectivity index (χ0n) is 13.9. The van der Waals surface area contributed by atoms with Gasteiger partial charge in [-0.1, -0.05) is 0 Å². The van der Waals surface area contributed by atoms with Gasteiger partial charge in [-0.2, -0.15) is 4.31 Å². The Kier molecular flexibility index (Phi) is 5.38. The second-order valence-corrected chi connectivity index (χ2v) is 7.88. The van der Waals surface area contributed by atoms with Gasteiger partial charge in [-0.15, -0.1) is 0 Å². The summed E-state index contributed by atoms with van der Waals surface area (Å²) in [5, 5.41) is 0. The first-order chi connectivity index (χ1) is 12.4. The lowest BCUT2D eigenvalue weighted by atomic mass is 10.2. The van der Waals surface area contributed by atoms with E-state index in [9.17, 15) is 22.0 Å². The van der Waals surface area contributed by atoms with E-state index in [0.717, 1.165) is 17.9 Å². The quantitative estimate of drug-likeness (QED) is 0.791. The third-order valence-corrected chi connectivity index (χ3v) is 6.18. The lowest BCUT2D eigenvalue weighted by Crippen LogP contribution is -2.50. The molecular formula is C17H18F2N2O4S. The largest absolute Gasteiger partial charge is 0.469 e. The van der Waals surface area contributed by atoms with E-state index in [1.54, 1.807) is 23.3 Å². The van der Waals surface area contributed by atoms with Gasteiger partial charge >= 0.3 is 0 Å². The standard InChI is InChI=1S/C17H18F2N2O4S/c18-15-5-4-14(12-16(15)19)26(23,24)21-9-7-20(8-10-21)17(22)6-3-13-2-1-11-25-13/h1-2,4-5,11-12H,3,6-10H2. The van der Waals surface area contributed by atoms with E-state index in [-0.39, 0.29) is 43.4 Å². The van der Waals surface area contributed by atoms with E-state index >= 15 is 0 Å². The lowest BCUT2D eigenvalue weighted by Gasteiger charge is -2.34. The Hall–Kier alpha value is -2.26. The summed E-state index contributed by atoms with van der Waals surface area (Å²) in [6.07, 6.45) is 2.31. The average Bonchev–Trinajstić information content (AvgIpc) is 3.15. The highest BCUT2D eigenvalue weighted by Gasteiger charge is 2.30. The first-order valence-electron chi connectivity index (χ1n) is 8.13. The first-order valence-corrected chi connectivity index (χ1v) is 9.57. The van der Waals surface area contributed by atoms with Crippen LogP contribution in [0.15, 0.2) is 45.9 Å². The summed E-state index contributed by atoms with van der Waals surface area (Å²) in [6.45, 7) is 0.710. The molecule has 3 rings (SSSR count). The van der Waals surface area contributed by atoms with Crippen LogP contribution < -0.4 is 0 Å². The number of nitrogens with zero attached hydrogens (tertiary/aromatic N) is 2. The molecule has 140 valence electrons. The minimum absolute atomic E-state index is 0.0775. The molecule has 0 aliphatic carbocycles. The number of hydrogen-bond acceptors (Lipinski definition) is 4. The molecule has 1 fully saturated rings. The SMILES string of the molecule is O=C(CCc1ccco1)N1CCN(S(=O)(=O)c2ccc(F)c(F)c2)CC1. The van der Waals surface area contributed by atoms with Crippen molar-refractivity contribution in [2.45, 2.75) is 17.7 Å². The molecule has 0 unspecified atom stereocenters. The number of halogens is 2. The van der Waals surface area contributed by atoms with Crippen LogP contribution in [0.5, 0.6) is 0 Å². The second-order valence-electron chi connectivity index (χ2n) is 5.94. The summed E-state index contributed by atoms with van der Waals surface area (Å²) in [7, 11) is -3.92. The van der Waals surface area contributed by atoms with E-state index in [1.807, 2.05) is 0 Å². The molecule has 1 aliphatic rings. The van der Waals surface area contributed by atoms with Crippen molar-refractivity contribution in [2.24, 2.45) is 0 Å². The maximum atomic E-state index is 13.3. The number of sulfonamides is 1. The average molecular weight is 384 g/mol. The van der Waals surface area contributed by atoms with E-state index in [4.69, 9.17) is 4.42 Å². The third kappa shape index (κ3) is 3.94. The molecule has 1 amide bonds. The molecule has 9 heteroatoms. The fourth-order valence-corrected chi connectivity index (χ4v) is 4.24. The summed E-state index contributed by atoms with van der Waals surface area (Å²) >= 11 is 0.